The van der Waals surface area contributed by atoms with Gasteiger partial charge in [0.25, 0.3) is 0 Å². The van der Waals surface area contributed by atoms with Crippen LogP contribution in [0.5, 0.6) is 0 Å². The molecule has 2 rings (SSSR count). The third kappa shape index (κ3) is 5.05. The van der Waals surface area contributed by atoms with Crippen molar-refractivity contribution in [2.75, 3.05) is 0 Å². The second-order valence-electron chi connectivity index (χ2n) is 4.95. The van der Waals surface area contributed by atoms with E-state index in [0.29, 0.717) is 0 Å². The van der Waals surface area contributed by atoms with Gasteiger partial charge in [-0.25, -0.2) is 4.39 Å². The number of nitrogens with one attached hydrogen (secondary N) is 1. The van der Waals surface area contributed by atoms with Gasteiger partial charge in [0.2, 0.25) is 5.91 Å². The first kappa shape index (κ1) is 16.9. The Hall–Kier alpha value is -2.44. The zero-order valence-electron chi connectivity index (χ0n) is 12.0. The molecule has 0 saturated carbocycles. The number of rotatable bonds is 5. The molecule has 0 fully saturated rings. The summed E-state index contributed by atoms with van der Waals surface area (Å²) in [6.07, 6.45) is -1.36. The van der Waals surface area contributed by atoms with E-state index >= 15 is 0 Å². The first-order valence-corrected chi connectivity index (χ1v) is 6.86. The minimum Gasteiger partial charge on any atom is -0.341 e. The van der Waals surface area contributed by atoms with Crippen LogP contribution in [-0.2, 0) is 11.2 Å². The van der Waals surface area contributed by atoms with E-state index < -0.39 is 23.9 Å². The fourth-order valence-electron chi connectivity index (χ4n) is 2.05. The molecule has 7 heteroatoms. The Morgan fingerprint density at radius 3 is 2.43 bits per heavy atom. The molecular weight excluding hydrogens is 312 g/mol. The Morgan fingerprint density at radius 2 is 1.87 bits per heavy atom. The van der Waals surface area contributed by atoms with E-state index in [0.717, 1.165) is 29.8 Å². The van der Waals surface area contributed by atoms with Crippen LogP contribution in [0.4, 0.5) is 17.6 Å². The Bertz CT molecular complexity index is 641. The lowest BCUT2D eigenvalue weighted by atomic mass is 10.1. The summed E-state index contributed by atoms with van der Waals surface area (Å²) in [4.78, 5) is 15.7. The van der Waals surface area contributed by atoms with Crippen molar-refractivity contribution in [1.29, 1.82) is 0 Å². The number of hydrogen-bond acceptors (Lipinski definition) is 2. The Morgan fingerprint density at radius 1 is 1.17 bits per heavy atom. The lowest BCUT2D eigenvalue weighted by molar-refractivity contribution is -0.163. The van der Waals surface area contributed by atoms with Crippen LogP contribution in [0.3, 0.4) is 0 Å². The molecule has 1 amide bonds. The summed E-state index contributed by atoms with van der Waals surface area (Å²) in [7, 11) is 0. The van der Waals surface area contributed by atoms with Gasteiger partial charge in [0, 0.05) is 18.8 Å². The topological polar surface area (TPSA) is 42.0 Å². The number of nitrogens with zero attached hydrogens (tertiary/aromatic N) is 1. The zero-order valence-corrected chi connectivity index (χ0v) is 12.0. The summed E-state index contributed by atoms with van der Waals surface area (Å²) < 4.78 is 52.2. The van der Waals surface area contributed by atoms with E-state index in [4.69, 9.17) is 0 Å². The molecule has 1 aromatic carbocycles. The van der Waals surface area contributed by atoms with Crippen molar-refractivity contribution in [3.05, 3.63) is 65.7 Å². The maximum atomic E-state index is 13.1. The van der Waals surface area contributed by atoms with Gasteiger partial charge in [0.15, 0.2) is 6.04 Å². The van der Waals surface area contributed by atoms with Crippen molar-refractivity contribution in [1.82, 2.24) is 10.3 Å². The normalized spacial score (nSPS) is 12.7. The molecule has 1 atom stereocenters. The summed E-state index contributed by atoms with van der Waals surface area (Å²) >= 11 is 0. The molecule has 0 radical (unpaired) electrons. The number of alkyl halides is 3. The molecule has 1 N–H and O–H groups in total. The summed E-state index contributed by atoms with van der Waals surface area (Å²) in [5.74, 6) is -1.38. The standard InChI is InChI=1S/C16H14F4N2O/c17-13-6-4-12(5-7-13)15(16(18,19)20)22-14(23)8-3-11-2-1-9-21-10-11/h1-2,4-7,9-10,15H,3,8H2,(H,22,23)/t15-/m1/s1. The minimum absolute atomic E-state index is 0.0977. The van der Waals surface area contributed by atoms with Gasteiger partial charge in [-0.2, -0.15) is 13.2 Å². The highest BCUT2D eigenvalue weighted by Crippen LogP contribution is 2.32. The van der Waals surface area contributed by atoms with Crippen LogP contribution in [0, 0.1) is 5.82 Å². The molecule has 0 saturated heterocycles. The number of amides is 1. The number of aromatic nitrogens is 1. The van der Waals surface area contributed by atoms with Gasteiger partial charge in [-0.1, -0.05) is 18.2 Å². The first-order chi connectivity index (χ1) is 10.9. The zero-order chi connectivity index (χ0) is 16.9. The largest absolute Gasteiger partial charge is 0.412 e. The van der Waals surface area contributed by atoms with Crippen LogP contribution in [-0.4, -0.2) is 17.1 Å². The second kappa shape index (κ2) is 7.21. The fraction of sp³-hybridized carbons (Fsp3) is 0.250. The van der Waals surface area contributed by atoms with Gasteiger partial charge in [-0.3, -0.25) is 9.78 Å². The summed E-state index contributed by atoms with van der Waals surface area (Å²) in [6.45, 7) is 0. The molecule has 0 aliphatic heterocycles. The minimum atomic E-state index is -4.66. The highest BCUT2D eigenvalue weighted by molar-refractivity contribution is 5.76. The van der Waals surface area contributed by atoms with Crippen molar-refractivity contribution in [2.45, 2.75) is 25.1 Å². The Balaban J connectivity index is 2.03. The third-order valence-electron chi connectivity index (χ3n) is 3.20. The SMILES string of the molecule is O=C(CCc1cccnc1)N[C@H](c1ccc(F)cc1)C(F)(F)F. The summed E-state index contributed by atoms with van der Waals surface area (Å²) in [6, 6.07) is 5.13. The molecule has 1 heterocycles. The maximum Gasteiger partial charge on any atom is 0.412 e. The van der Waals surface area contributed by atoms with Gasteiger partial charge in [-0.15, -0.1) is 0 Å². The number of halogens is 4. The van der Waals surface area contributed by atoms with E-state index in [1.165, 1.54) is 0 Å². The van der Waals surface area contributed by atoms with Gasteiger partial charge < -0.3 is 5.32 Å². The quantitative estimate of drug-likeness (QED) is 0.854. The lowest BCUT2D eigenvalue weighted by Crippen LogP contribution is -2.38. The molecule has 1 aromatic heterocycles. The van der Waals surface area contributed by atoms with Crippen molar-refractivity contribution in [3.8, 4) is 0 Å². The van der Waals surface area contributed by atoms with Crippen molar-refractivity contribution in [3.63, 3.8) is 0 Å². The molecule has 0 bridgehead atoms. The second-order valence-corrected chi connectivity index (χ2v) is 4.95. The van der Waals surface area contributed by atoms with Gasteiger partial charge in [-0.05, 0) is 35.7 Å². The van der Waals surface area contributed by atoms with Crippen LogP contribution in [0.2, 0.25) is 0 Å². The van der Waals surface area contributed by atoms with E-state index in [9.17, 15) is 22.4 Å². The van der Waals surface area contributed by atoms with Crippen LogP contribution >= 0.6 is 0 Å². The molecule has 23 heavy (non-hydrogen) atoms. The van der Waals surface area contributed by atoms with E-state index in [-0.39, 0.29) is 18.4 Å². The lowest BCUT2D eigenvalue weighted by Gasteiger charge is -2.22. The molecule has 122 valence electrons. The predicted octanol–water partition coefficient (Wildman–Crippen LogP) is 3.57. The predicted molar refractivity (Wildman–Crippen MR) is 75.9 cm³/mol. The molecule has 0 aliphatic carbocycles. The highest BCUT2D eigenvalue weighted by atomic mass is 19.4. The van der Waals surface area contributed by atoms with Crippen LogP contribution < -0.4 is 5.32 Å². The Labute approximate surface area is 130 Å². The maximum absolute atomic E-state index is 13.1. The van der Waals surface area contributed by atoms with Crippen molar-refractivity contribution < 1.29 is 22.4 Å². The van der Waals surface area contributed by atoms with Crippen LogP contribution in [0.25, 0.3) is 0 Å². The number of pyridine rings is 1. The van der Waals surface area contributed by atoms with Gasteiger partial charge >= 0.3 is 6.18 Å². The summed E-state index contributed by atoms with van der Waals surface area (Å²) in [5, 5.41) is 1.96. The number of aryl methyl sites for hydroxylation is 1. The molecule has 3 nitrogen and oxygen atoms in total. The van der Waals surface area contributed by atoms with E-state index in [2.05, 4.69) is 4.98 Å². The van der Waals surface area contributed by atoms with E-state index in [1.807, 2.05) is 5.32 Å². The van der Waals surface area contributed by atoms with E-state index in [1.54, 1.807) is 24.5 Å². The molecular formula is C16H14F4N2O. The Kier molecular flexibility index (Phi) is 5.31. The third-order valence-corrected chi connectivity index (χ3v) is 3.20. The van der Waals surface area contributed by atoms with Crippen molar-refractivity contribution >= 4 is 5.91 Å². The number of carbonyl (C=O) groups is 1. The molecule has 0 unspecified atom stereocenters. The first-order valence-electron chi connectivity index (χ1n) is 6.86. The van der Waals surface area contributed by atoms with Crippen LogP contribution in [0.15, 0.2) is 48.8 Å². The fourth-order valence-corrected chi connectivity index (χ4v) is 2.05. The van der Waals surface area contributed by atoms with Gasteiger partial charge in [0.1, 0.15) is 5.82 Å². The van der Waals surface area contributed by atoms with Crippen molar-refractivity contribution in [2.24, 2.45) is 0 Å². The molecule has 0 aliphatic rings. The average molecular weight is 326 g/mol. The van der Waals surface area contributed by atoms with Gasteiger partial charge in [0.05, 0.1) is 0 Å². The van der Waals surface area contributed by atoms with Crippen LogP contribution in [0.1, 0.15) is 23.6 Å². The molecule has 0 spiro atoms. The average Bonchev–Trinajstić information content (AvgIpc) is 2.52. The number of hydrogen-bond donors (Lipinski definition) is 1. The smallest absolute Gasteiger partial charge is 0.341 e. The highest BCUT2D eigenvalue weighted by Gasteiger charge is 2.41. The monoisotopic (exact) mass is 326 g/mol. The summed E-state index contributed by atoms with van der Waals surface area (Å²) in [5.41, 5.74) is 0.543. The molecule has 2 aromatic rings. The number of benzene rings is 1. The number of carbonyl (C=O) groups excluding carboxylic acids is 1.